The maximum Gasteiger partial charge on any atom is 0.346 e. The van der Waals surface area contributed by atoms with E-state index in [1.54, 1.807) is 11.4 Å². The molecule has 110 valence electrons. The highest BCUT2D eigenvalue weighted by Crippen LogP contribution is 2.22. The van der Waals surface area contributed by atoms with Crippen molar-refractivity contribution in [3.05, 3.63) is 44.6 Å². The molecule has 1 amide bonds. The highest BCUT2D eigenvalue weighted by atomic mass is 79.9. The fourth-order valence-corrected chi connectivity index (χ4v) is 2.75. The second-order valence-corrected chi connectivity index (χ2v) is 6.07. The molecule has 0 saturated carbocycles. The Morgan fingerprint density at radius 2 is 2.14 bits per heavy atom. The van der Waals surface area contributed by atoms with E-state index in [0.29, 0.717) is 11.4 Å². The third-order valence-electron chi connectivity index (χ3n) is 2.62. The van der Waals surface area contributed by atoms with E-state index in [-0.39, 0.29) is 17.4 Å². The number of aromatic carboxylic acids is 1. The van der Waals surface area contributed by atoms with Crippen molar-refractivity contribution in [3.63, 3.8) is 0 Å². The summed E-state index contributed by atoms with van der Waals surface area (Å²) in [5.41, 5.74) is 1.64. The number of hydrogen-bond donors (Lipinski definition) is 2. The van der Waals surface area contributed by atoms with Gasteiger partial charge in [-0.3, -0.25) is 4.79 Å². The summed E-state index contributed by atoms with van der Waals surface area (Å²) in [5, 5.41) is 13.1. The number of aryl methyl sites for hydroxylation is 1. The first-order valence-electron chi connectivity index (χ1n) is 5.96. The lowest BCUT2D eigenvalue weighted by Crippen LogP contribution is -2.20. The molecule has 0 aliphatic rings. The molecule has 1 aromatic heterocycles. The average molecular weight is 370 g/mol. The molecule has 1 heterocycles. The van der Waals surface area contributed by atoms with Crippen LogP contribution >= 0.6 is 27.3 Å². The normalized spacial score (nSPS) is 10.2. The monoisotopic (exact) mass is 369 g/mol. The van der Waals surface area contributed by atoms with Crippen molar-refractivity contribution in [2.75, 3.05) is 11.9 Å². The zero-order valence-electron chi connectivity index (χ0n) is 11.1. The van der Waals surface area contributed by atoms with Gasteiger partial charge in [-0.15, -0.1) is 11.3 Å². The maximum atomic E-state index is 11.8. The van der Waals surface area contributed by atoms with Crippen molar-refractivity contribution in [1.29, 1.82) is 0 Å². The van der Waals surface area contributed by atoms with Crippen molar-refractivity contribution in [3.8, 4) is 5.75 Å². The largest absolute Gasteiger partial charge is 0.483 e. The van der Waals surface area contributed by atoms with Gasteiger partial charge in [-0.1, -0.05) is 15.9 Å². The van der Waals surface area contributed by atoms with Crippen LogP contribution in [0.5, 0.6) is 5.75 Å². The number of hydrogen-bond acceptors (Lipinski definition) is 4. The van der Waals surface area contributed by atoms with Crippen LogP contribution in [0.3, 0.4) is 0 Å². The molecule has 0 saturated heterocycles. The average Bonchev–Trinajstić information content (AvgIpc) is 2.89. The lowest BCUT2D eigenvalue weighted by Gasteiger charge is -2.09. The molecule has 7 heteroatoms. The summed E-state index contributed by atoms with van der Waals surface area (Å²) in [5.74, 6) is -0.937. The Bertz CT molecular complexity index is 683. The zero-order valence-corrected chi connectivity index (χ0v) is 13.5. The van der Waals surface area contributed by atoms with E-state index in [0.717, 1.165) is 21.4 Å². The van der Waals surface area contributed by atoms with Gasteiger partial charge in [0.05, 0.1) is 0 Å². The van der Waals surface area contributed by atoms with Gasteiger partial charge in [0, 0.05) is 21.6 Å². The first kappa shape index (κ1) is 15.5. The fourth-order valence-electron chi connectivity index (χ4n) is 1.61. The van der Waals surface area contributed by atoms with Gasteiger partial charge in [-0.05, 0) is 30.7 Å². The number of thiophene rings is 1. The topological polar surface area (TPSA) is 75.6 Å². The second kappa shape index (κ2) is 6.73. The van der Waals surface area contributed by atoms with Crippen molar-refractivity contribution in [1.82, 2.24) is 0 Å². The van der Waals surface area contributed by atoms with Gasteiger partial charge >= 0.3 is 5.97 Å². The molecule has 0 aliphatic heterocycles. The van der Waals surface area contributed by atoms with Crippen LogP contribution in [-0.2, 0) is 4.79 Å². The summed E-state index contributed by atoms with van der Waals surface area (Å²) in [7, 11) is 0. The van der Waals surface area contributed by atoms with Crippen molar-refractivity contribution >= 4 is 44.8 Å². The van der Waals surface area contributed by atoms with Gasteiger partial charge in [0.15, 0.2) is 6.61 Å². The summed E-state index contributed by atoms with van der Waals surface area (Å²) in [4.78, 5) is 22.7. The van der Waals surface area contributed by atoms with Crippen LogP contribution in [-0.4, -0.2) is 23.6 Å². The fraction of sp³-hybridized carbons (Fsp3) is 0.143. The second-order valence-electron chi connectivity index (χ2n) is 4.25. The molecule has 0 unspecified atom stereocenters. The molecule has 0 atom stereocenters. The first-order chi connectivity index (χ1) is 9.95. The van der Waals surface area contributed by atoms with Gasteiger partial charge < -0.3 is 15.2 Å². The highest BCUT2D eigenvalue weighted by Gasteiger charge is 2.10. The molecule has 1 aromatic carbocycles. The van der Waals surface area contributed by atoms with E-state index in [1.807, 2.05) is 19.1 Å². The number of carbonyl (C=O) groups excluding carboxylic acids is 1. The molecule has 0 aliphatic carbocycles. The Morgan fingerprint density at radius 3 is 2.76 bits per heavy atom. The number of amides is 1. The highest BCUT2D eigenvalue weighted by molar-refractivity contribution is 9.10. The molecule has 2 rings (SSSR count). The molecular formula is C14H12BrNO4S. The van der Waals surface area contributed by atoms with Gasteiger partial charge in [-0.25, -0.2) is 4.79 Å². The van der Waals surface area contributed by atoms with Crippen LogP contribution in [0.2, 0.25) is 0 Å². The Morgan fingerprint density at radius 1 is 1.38 bits per heavy atom. The van der Waals surface area contributed by atoms with Gasteiger partial charge in [-0.2, -0.15) is 0 Å². The molecule has 2 N–H and O–H groups in total. The predicted molar refractivity (Wildman–Crippen MR) is 84.3 cm³/mol. The van der Waals surface area contributed by atoms with Crippen molar-refractivity contribution in [2.45, 2.75) is 6.92 Å². The number of carboxylic acid groups (broad SMARTS) is 1. The summed E-state index contributed by atoms with van der Waals surface area (Å²) >= 11 is 4.41. The van der Waals surface area contributed by atoms with E-state index in [4.69, 9.17) is 9.84 Å². The van der Waals surface area contributed by atoms with Gasteiger partial charge in [0.2, 0.25) is 0 Å². The lowest BCUT2D eigenvalue weighted by atomic mass is 10.2. The standard InChI is InChI=1S/C14H12BrNO4S/c1-8-4-9(15)2-3-11(8)16-13(17)6-20-10-5-12(14(18)19)21-7-10/h2-5,7H,6H2,1H3,(H,16,17)(H,18,19). The first-order valence-corrected chi connectivity index (χ1v) is 7.63. The van der Waals surface area contributed by atoms with E-state index in [9.17, 15) is 9.59 Å². The number of anilines is 1. The molecule has 21 heavy (non-hydrogen) atoms. The Hall–Kier alpha value is -1.86. The van der Waals surface area contributed by atoms with Gasteiger partial charge in [0.1, 0.15) is 10.6 Å². The molecule has 0 spiro atoms. The quantitative estimate of drug-likeness (QED) is 0.844. The number of rotatable bonds is 5. The number of halogens is 1. The van der Waals surface area contributed by atoms with Crippen LogP contribution in [0.1, 0.15) is 15.2 Å². The Kier molecular flexibility index (Phi) is 4.98. The third kappa shape index (κ3) is 4.30. The predicted octanol–water partition coefficient (Wildman–Crippen LogP) is 3.53. The number of carboxylic acids is 1. The van der Waals surface area contributed by atoms with Crippen LogP contribution in [0.4, 0.5) is 5.69 Å². The Balaban J connectivity index is 1.91. The van der Waals surface area contributed by atoms with E-state index < -0.39 is 5.97 Å². The van der Waals surface area contributed by atoms with E-state index in [2.05, 4.69) is 21.2 Å². The number of benzene rings is 1. The van der Waals surface area contributed by atoms with Crippen LogP contribution in [0, 0.1) is 6.92 Å². The minimum atomic E-state index is -1.01. The van der Waals surface area contributed by atoms with Crippen molar-refractivity contribution in [2.24, 2.45) is 0 Å². The zero-order chi connectivity index (χ0) is 15.4. The van der Waals surface area contributed by atoms with Crippen LogP contribution in [0.15, 0.2) is 34.1 Å². The molecule has 0 bridgehead atoms. The van der Waals surface area contributed by atoms with Crippen LogP contribution < -0.4 is 10.1 Å². The van der Waals surface area contributed by atoms with Crippen LogP contribution in [0.25, 0.3) is 0 Å². The van der Waals surface area contributed by atoms with E-state index in [1.165, 1.54) is 6.07 Å². The molecule has 0 fully saturated rings. The molecule has 2 aromatic rings. The summed E-state index contributed by atoms with van der Waals surface area (Å²) in [6.07, 6.45) is 0. The molecular weight excluding hydrogens is 358 g/mol. The summed E-state index contributed by atoms with van der Waals surface area (Å²) < 4.78 is 6.20. The minimum absolute atomic E-state index is 0.175. The molecule has 0 radical (unpaired) electrons. The van der Waals surface area contributed by atoms with E-state index >= 15 is 0 Å². The van der Waals surface area contributed by atoms with Crippen molar-refractivity contribution < 1.29 is 19.4 Å². The number of carbonyl (C=O) groups is 2. The number of ether oxygens (including phenoxy) is 1. The molecule has 5 nitrogen and oxygen atoms in total. The lowest BCUT2D eigenvalue weighted by molar-refractivity contribution is -0.118. The minimum Gasteiger partial charge on any atom is -0.483 e. The third-order valence-corrected chi connectivity index (χ3v) is 4.01. The van der Waals surface area contributed by atoms with Gasteiger partial charge in [0.25, 0.3) is 5.91 Å². The smallest absolute Gasteiger partial charge is 0.346 e. The summed E-state index contributed by atoms with van der Waals surface area (Å²) in [6, 6.07) is 6.92. The number of nitrogens with one attached hydrogen (secondary N) is 1. The maximum absolute atomic E-state index is 11.8. The summed E-state index contributed by atoms with van der Waals surface area (Å²) in [6.45, 7) is 1.71. The SMILES string of the molecule is Cc1cc(Br)ccc1NC(=O)COc1csc(C(=O)O)c1. The Labute approximate surface area is 133 Å².